The molecule has 2 atom stereocenters. The Morgan fingerprint density at radius 1 is 1.33 bits per heavy atom. The summed E-state index contributed by atoms with van der Waals surface area (Å²) in [6.07, 6.45) is -1.80. The van der Waals surface area contributed by atoms with Gasteiger partial charge in [-0.2, -0.15) is 8.42 Å². The number of hydrogen-bond acceptors (Lipinski definition) is 7. The molecular weight excluding hydrogens is 379 g/mol. The van der Waals surface area contributed by atoms with Crippen LogP contribution in [0.3, 0.4) is 0 Å². The fraction of sp³-hybridized carbons (Fsp3) is 0.529. The zero-order valence-corrected chi connectivity index (χ0v) is 15.9. The molecule has 0 saturated carbocycles. The number of nitrogens with zero attached hydrogens (tertiary/aromatic N) is 1. The topological polar surface area (TPSA) is 113 Å². The average molecular weight is 402 g/mol. The van der Waals surface area contributed by atoms with Crippen LogP contribution in [0.15, 0.2) is 35.2 Å². The van der Waals surface area contributed by atoms with Gasteiger partial charge in [-0.1, -0.05) is 18.2 Å². The van der Waals surface area contributed by atoms with E-state index in [1.54, 1.807) is 19.9 Å². The summed E-state index contributed by atoms with van der Waals surface area (Å²) in [5.74, 6) is -1.79. The summed E-state index contributed by atoms with van der Waals surface area (Å²) in [5, 5.41) is 12.0. The third-order valence-electron chi connectivity index (χ3n) is 4.18. The summed E-state index contributed by atoms with van der Waals surface area (Å²) in [6.45, 7) is 2.54. The number of carbonyl (C=O) groups is 2. The molecule has 1 aliphatic heterocycles. The first-order chi connectivity index (χ1) is 12.6. The Morgan fingerprint density at radius 2 is 1.96 bits per heavy atom. The molecule has 1 heterocycles. The SMILES string of the molecule is CC(C)(CO)NCC(=O)N1C[C@@H](F)C[C@H]1C(=O)OS(=O)(=O)c1ccccc1. The number of hydrogen-bond donors (Lipinski definition) is 2. The summed E-state index contributed by atoms with van der Waals surface area (Å²) >= 11 is 0. The Balaban J connectivity index is 2.08. The molecule has 1 aromatic rings. The Hall–Kier alpha value is -2.04. The molecule has 27 heavy (non-hydrogen) atoms. The maximum absolute atomic E-state index is 13.8. The molecule has 2 rings (SSSR count). The minimum atomic E-state index is -4.36. The quantitative estimate of drug-likeness (QED) is 0.627. The third-order valence-corrected chi connectivity index (χ3v) is 5.41. The van der Waals surface area contributed by atoms with Crippen molar-refractivity contribution in [2.24, 2.45) is 0 Å². The van der Waals surface area contributed by atoms with E-state index >= 15 is 0 Å². The van der Waals surface area contributed by atoms with Crippen LogP contribution in [0.2, 0.25) is 0 Å². The van der Waals surface area contributed by atoms with Crippen LogP contribution < -0.4 is 5.32 Å². The number of carbonyl (C=O) groups excluding carboxylic acids is 2. The second-order valence-corrected chi connectivity index (χ2v) is 8.51. The van der Waals surface area contributed by atoms with Crippen molar-refractivity contribution in [1.29, 1.82) is 0 Å². The van der Waals surface area contributed by atoms with Crippen LogP contribution in [0, 0.1) is 0 Å². The molecule has 1 fully saturated rings. The molecule has 0 radical (unpaired) electrons. The predicted molar refractivity (Wildman–Crippen MR) is 93.9 cm³/mol. The highest BCUT2D eigenvalue weighted by molar-refractivity contribution is 7.87. The molecule has 2 N–H and O–H groups in total. The molecule has 10 heteroatoms. The van der Waals surface area contributed by atoms with Gasteiger partial charge in [-0.15, -0.1) is 0 Å². The van der Waals surface area contributed by atoms with Gasteiger partial charge in [0.25, 0.3) is 0 Å². The van der Waals surface area contributed by atoms with Gasteiger partial charge in [-0.25, -0.2) is 9.18 Å². The van der Waals surface area contributed by atoms with E-state index in [9.17, 15) is 27.5 Å². The van der Waals surface area contributed by atoms with Crippen LogP contribution in [0.5, 0.6) is 0 Å². The van der Waals surface area contributed by atoms with Crippen molar-refractivity contribution in [3.8, 4) is 0 Å². The molecule has 1 saturated heterocycles. The molecular formula is C17H23FN2O6S. The smallest absolute Gasteiger partial charge is 0.345 e. The lowest BCUT2D eigenvalue weighted by atomic mass is 10.1. The lowest BCUT2D eigenvalue weighted by Gasteiger charge is -2.27. The highest BCUT2D eigenvalue weighted by Crippen LogP contribution is 2.23. The molecule has 1 aliphatic rings. The van der Waals surface area contributed by atoms with Crippen molar-refractivity contribution in [2.75, 3.05) is 19.7 Å². The number of rotatable bonds is 7. The van der Waals surface area contributed by atoms with Gasteiger partial charge in [0.2, 0.25) is 5.91 Å². The number of benzene rings is 1. The molecule has 0 bridgehead atoms. The molecule has 8 nitrogen and oxygen atoms in total. The van der Waals surface area contributed by atoms with Gasteiger partial charge in [0.05, 0.1) is 19.7 Å². The van der Waals surface area contributed by atoms with E-state index in [1.165, 1.54) is 24.3 Å². The minimum absolute atomic E-state index is 0.211. The van der Waals surface area contributed by atoms with E-state index in [0.717, 1.165) is 4.90 Å². The van der Waals surface area contributed by atoms with E-state index < -0.39 is 39.7 Å². The summed E-state index contributed by atoms with van der Waals surface area (Å²) in [7, 11) is -4.36. The van der Waals surface area contributed by atoms with Crippen molar-refractivity contribution in [3.63, 3.8) is 0 Å². The van der Waals surface area contributed by atoms with Crippen LogP contribution >= 0.6 is 0 Å². The number of alkyl halides is 1. The van der Waals surface area contributed by atoms with Crippen molar-refractivity contribution < 1.29 is 31.7 Å². The van der Waals surface area contributed by atoms with Gasteiger partial charge in [-0.05, 0) is 26.0 Å². The Kier molecular flexibility index (Phi) is 6.55. The second kappa shape index (κ2) is 8.32. The summed E-state index contributed by atoms with van der Waals surface area (Å²) in [6, 6.07) is 5.74. The minimum Gasteiger partial charge on any atom is -0.394 e. The zero-order valence-electron chi connectivity index (χ0n) is 15.1. The van der Waals surface area contributed by atoms with Crippen molar-refractivity contribution >= 4 is 22.0 Å². The highest BCUT2D eigenvalue weighted by atomic mass is 32.2. The van der Waals surface area contributed by atoms with Crippen LogP contribution in [0.25, 0.3) is 0 Å². The summed E-state index contributed by atoms with van der Waals surface area (Å²) in [4.78, 5) is 25.4. The Morgan fingerprint density at radius 3 is 2.56 bits per heavy atom. The fourth-order valence-electron chi connectivity index (χ4n) is 2.56. The monoisotopic (exact) mass is 402 g/mol. The fourth-order valence-corrected chi connectivity index (χ4v) is 3.47. The summed E-state index contributed by atoms with van der Waals surface area (Å²) in [5.41, 5.74) is -0.739. The predicted octanol–water partition coefficient (Wildman–Crippen LogP) is 0.218. The van der Waals surface area contributed by atoms with E-state index in [2.05, 4.69) is 9.50 Å². The Labute approximate surface area is 157 Å². The van der Waals surface area contributed by atoms with Gasteiger partial charge < -0.3 is 19.5 Å². The third kappa shape index (κ3) is 5.47. The molecule has 0 aromatic heterocycles. The van der Waals surface area contributed by atoms with Crippen LogP contribution in [-0.2, 0) is 23.9 Å². The van der Waals surface area contributed by atoms with Crippen LogP contribution in [0.4, 0.5) is 4.39 Å². The van der Waals surface area contributed by atoms with Gasteiger partial charge in [0, 0.05) is 12.0 Å². The first kappa shape index (κ1) is 21.3. The molecule has 0 unspecified atom stereocenters. The van der Waals surface area contributed by atoms with E-state index in [4.69, 9.17) is 0 Å². The van der Waals surface area contributed by atoms with Crippen LogP contribution in [-0.4, -0.2) is 67.7 Å². The van der Waals surface area contributed by atoms with Crippen molar-refractivity contribution in [2.45, 2.75) is 42.9 Å². The number of likely N-dealkylation sites (tertiary alicyclic amines) is 1. The van der Waals surface area contributed by atoms with Gasteiger partial charge in [0.15, 0.2) is 0 Å². The van der Waals surface area contributed by atoms with Crippen molar-refractivity contribution in [1.82, 2.24) is 10.2 Å². The standard InChI is InChI=1S/C17H23FN2O6S/c1-17(2,11-21)19-9-15(22)20-10-12(18)8-14(20)16(23)26-27(24,25)13-6-4-3-5-7-13/h3-7,12,14,19,21H,8-11H2,1-2H3/t12-,14-/m0/s1. The zero-order chi connectivity index (χ0) is 20.2. The van der Waals surface area contributed by atoms with Crippen LogP contribution in [0.1, 0.15) is 20.3 Å². The van der Waals surface area contributed by atoms with E-state index in [-0.39, 0.29) is 31.0 Å². The molecule has 150 valence electrons. The first-order valence-corrected chi connectivity index (χ1v) is 9.79. The molecule has 1 amide bonds. The van der Waals surface area contributed by atoms with Gasteiger partial charge in [-0.3, -0.25) is 4.79 Å². The molecule has 0 aliphatic carbocycles. The molecule has 1 aromatic carbocycles. The second-order valence-electron chi connectivity index (χ2n) is 6.96. The Bertz CT molecular complexity index is 784. The van der Waals surface area contributed by atoms with Crippen molar-refractivity contribution in [3.05, 3.63) is 30.3 Å². The number of aliphatic hydroxyl groups is 1. The van der Waals surface area contributed by atoms with Gasteiger partial charge >= 0.3 is 16.1 Å². The van der Waals surface area contributed by atoms with E-state index in [1.807, 2.05) is 0 Å². The number of amides is 1. The van der Waals surface area contributed by atoms with Gasteiger partial charge in [0.1, 0.15) is 17.1 Å². The lowest BCUT2D eigenvalue weighted by molar-refractivity contribution is -0.145. The normalized spacial score (nSPS) is 20.5. The number of halogens is 1. The maximum atomic E-state index is 13.8. The maximum Gasteiger partial charge on any atom is 0.345 e. The van der Waals surface area contributed by atoms with E-state index in [0.29, 0.717) is 0 Å². The number of aliphatic hydroxyl groups excluding tert-OH is 1. The lowest BCUT2D eigenvalue weighted by Crippen LogP contribution is -2.51. The first-order valence-electron chi connectivity index (χ1n) is 8.38. The number of nitrogens with one attached hydrogen (secondary N) is 1. The largest absolute Gasteiger partial charge is 0.394 e. The average Bonchev–Trinajstić information content (AvgIpc) is 3.02. The highest BCUT2D eigenvalue weighted by Gasteiger charge is 2.42. The summed E-state index contributed by atoms with van der Waals surface area (Å²) < 4.78 is 42.8. The molecule has 0 spiro atoms.